The van der Waals surface area contributed by atoms with E-state index in [1.165, 1.54) is 28.7 Å². The van der Waals surface area contributed by atoms with Gasteiger partial charge in [0.05, 0.1) is 5.25 Å². The Morgan fingerprint density at radius 1 is 1.09 bits per heavy atom. The van der Waals surface area contributed by atoms with Crippen LogP contribution in [0.2, 0.25) is 0 Å². The first-order chi connectivity index (χ1) is 10.4. The van der Waals surface area contributed by atoms with E-state index in [9.17, 15) is 4.21 Å². The van der Waals surface area contributed by atoms with Crippen molar-refractivity contribution in [2.75, 3.05) is 5.75 Å². The first kappa shape index (κ1) is 19.2. The van der Waals surface area contributed by atoms with Gasteiger partial charge in [-0.3, -0.25) is 4.21 Å². The van der Waals surface area contributed by atoms with Crippen molar-refractivity contribution in [1.29, 1.82) is 0 Å². The number of hydrogen-bond donors (Lipinski definition) is 0. The van der Waals surface area contributed by atoms with Crippen LogP contribution in [-0.4, -0.2) is 15.2 Å². The largest absolute Gasteiger partial charge is 0.259 e. The maximum Gasteiger partial charge on any atom is 0.0592 e. The molecule has 1 rings (SSSR count). The van der Waals surface area contributed by atoms with E-state index in [4.69, 9.17) is 0 Å². The van der Waals surface area contributed by atoms with Gasteiger partial charge in [0.1, 0.15) is 0 Å². The minimum atomic E-state index is -0.683. The van der Waals surface area contributed by atoms with Gasteiger partial charge in [0.25, 0.3) is 0 Å². The highest BCUT2D eigenvalue weighted by Crippen LogP contribution is 2.22. The molecular formula is C20H32OS. The van der Waals surface area contributed by atoms with Crippen molar-refractivity contribution in [3.8, 4) is 0 Å². The van der Waals surface area contributed by atoms with E-state index in [1.807, 2.05) is 0 Å². The molecule has 2 unspecified atom stereocenters. The Morgan fingerprint density at radius 2 is 1.68 bits per heavy atom. The molecule has 0 spiro atoms. The standard InChI is InChI=1S/C20H32OS/c1-16(2)8-6-9-17(3)10-7-11-18(4)12-13-20-19(5)14-15-22(20)21/h8,10,12,14,20H,6-7,9,11,13,15H2,1-5H3/b17-10+,18-12+. The molecule has 0 fully saturated rings. The van der Waals surface area contributed by atoms with E-state index in [0.717, 1.165) is 31.4 Å². The molecule has 22 heavy (non-hydrogen) atoms. The summed E-state index contributed by atoms with van der Waals surface area (Å²) in [6.07, 6.45) is 14.6. The van der Waals surface area contributed by atoms with Gasteiger partial charge in [0.15, 0.2) is 0 Å². The van der Waals surface area contributed by atoms with Gasteiger partial charge in [-0.15, -0.1) is 0 Å². The Hall–Kier alpha value is -0.890. The van der Waals surface area contributed by atoms with Crippen molar-refractivity contribution >= 4 is 10.8 Å². The van der Waals surface area contributed by atoms with Crippen LogP contribution >= 0.6 is 0 Å². The van der Waals surface area contributed by atoms with Crippen molar-refractivity contribution in [1.82, 2.24) is 0 Å². The highest BCUT2D eigenvalue weighted by Gasteiger charge is 2.21. The molecule has 124 valence electrons. The molecule has 1 aliphatic heterocycles. The molecule has 0 aromatic rings. The highest BCUT2D eigenvalue weighted by atomic mass is 32.2. The Bertz CT molecular complexity index is 502. The summed E-state index contributed by atoms with van der Waals surface area (Å²) in [5.74, 6) is 0.747. The fourth-order valence-electron chi connectivity index (χ4n) is 2.61. The number of rotatable bonds is 8. The average molecular weight is 321 g/mol. The Morgan fingerprint density at radius 3 is 2.23 bits per heavy atom. The van der Waals surface area contributed by atoms with Crippen molar-refractivity contribution in [2.45, 2.75) is 72.0 Å². The van der Waals surface area contributed by atoms with Crippen LogP contribution in [0.3, 0.4) is 0 Å². The van der Waals surface area contributed by atoms with Gasteiger partial charge in [-0.25, -0.2) is 0 Å². The van der Waals surface area contributed by atoms with Gasteiger partial charge in [0.2, 0.25) is 0 Å². The van der Waals surface area contributed by atoms with Gasteiger partial charge in [-0.05, 0) is 66.7 Å². The quantitative estimate of drug-likeness (QED) is 0.511. The summed E-state index contributed by atoms with van der Waals surface area (Å²) in [7, 11) is -0.683. The van der Waals surface area contributed by atoms with E-state index in [2.05, 4.69) is 58.9 Å². The van der Waals surface area contributed by atoms with Gasteiger partial charge < -0.3 is 0 Å². The molecule has 2 heteroatoms. The lowest BCUT2D eigenvalue weighted by molar-refractivity contribution is 0.680. The first-order valence-corrected chi connectivity index (χ1v) is 9.76. The summed E-state index contributed by atoms with van der Waals surface area (Å²) < 4.78 is 11.9. The summed E-state index contributed by atoms with van der Waals surface area (Å²) in [5, 5.41) is 0.260. The third-order valence-corrected chi connectivity index (χ3v) is 5.89. The third-order valence-electron chi connectivity index (χ3n) is 4.20. The highest BCUT2D eigenvalue weighted by molar-refractivity contribution is 7.86. The summed E-state index contributed by atoms with van der Waals surface area (Å²) in [5.41, 5.74) is 5.61. The van der Waals surface area contributed by atoms with E-state index in [0.29, 0.717) is 0 Å². The molecule has 0 radical (unpaired) electrons. The lowest BCUT2D eigenvalue weighted by Gasteiger charge is -2.09. The van der Waals surface area contributed by atoms with Gasteiger partial charge >= 0.3 is 0 Å². The Kier molecular flexibility index (Phi) is 8.70. The topological polar surface area (TPSA) is 17.1 Å². The average Bonchev–Trinajstić information content (AvgIpc) is 2.75. The maximum absolute atomic E-state index is 11.9. The van der Waals surface area contributed by atoms with Gasteiger partial charge in [-0.1, -0.05) is 46.6 Å². The minimum absolute atomic E-state index is 0.260. The Labute approximate surface area is 139 Å². The molecule has 0 amide bonds. The predicted octanol–water partition coefficient (Wildman–Crippen LogP) is 5.87. The molecule has 0 N–H and O–H groups in total. The van der Waals surface area contributed by atoms with Crippen LogP contribution in [0.25, 0.3) is 0 Å². The van der Waals surface area contributed by atoms with E-state index in [1.54, 1.807) is 0 Å². The van der Waals surface area contributed by atoms with E-state index < -0.39 is 10.8 Å². The predicted molar refractivity (Wildman–Crippen MR) is 101 cm³/mol. The summed E-state index contributed by atoms with van der Waals surface area (Å²) >= 11 is 0. The van der Waals surface area contributed by atoms with Crippen LogP contribution in [0.4, 0.5) is 0 Å². The van der Waals surface area contributed by atoms with Crippen LogP contribution in [-0.2, 0) is 10.8 Å². The molecule has 0 aromatic carbocycles. The van der Waals surface area contributed by atoms with E-state index >= 15 is 0 Å². The molecule has 1 heterocycles. The summed E-state index contributed by atoms with van der Waals surface area (Å²) in [4.78, 5) is 0. The molecule has 1 nitrogen and oxygen atoms in total. The molecule has 2 atom stereocenters. The first-order valence-electron chi connectivity index (χ1n) is 8.38. The zero-order chi connectivity index (χ0) is 16.5. The SMILES string of the molecule is CC(C)=CCC/C(C)=C/CC/C(C)=C/CC1C(C)=CCS1=O. The fraction of sp³-hybridized carbons (Fsp3) is 0.600. The lowest BCUT2D eigenvalue weighted by atomic mass is 10.0. The lowest BCUT2D eigenvalue weighted by Crippen LogP contribution is -2.11. The molecule has 0 aliphatic carbocycles. The third kappa shape index (κ3) is 7.40. The van der Waals surface area contributed by atoms with Gasteiger partial charge in [-0.2, -0.15) is 0 Å². The molecule has 0 bridgehead atoms. The number of hydrogen-bond acceptors (Lipinski definition) is 1. The zero-order valence-electron chi connectivity index (χ0n) is 14.9. The monoisotopic (exact) mass is 320 g/mol. The summed E-state index contributed by atoms with van der Waals surface area (Å²) in [6.45, 7) is 10.8. The summed E-state index contributed by atoms with van der Waals surface area (Å²) in [6, 6.07) is 0. The smallest absolute Gasteiger partial charge is 0.0592 e. The number of allylic oxidation sites excluding steroid dienone is 6. The normalized spacial score (nSPS) is 22.7. The molecule has 0 saturated carbocycles. The van der Waals surface area contributed by atoms with Crippen LogP contribution in [0.1, 0.15) is 66.7 Å². The molecule has 0 aromatic heterocycles. The van der Waals surface area contributed by atoms with Crippen molar-refractivity contribution in [3.05, 3.63) is 46.6 Å². The maximum atomic E-state index is 11.9. The zero-order valence-corrected chi connectivity index (χ0v) is 15.8. The minimum Gasteiger partial charge on any atom is -0.259 e. The second-order valence-corrected chi connectivity index (χ2v) is 8.34. The van der Waals surface area contributed by atoms with Crippen LogP contribution in [0, 0.1) is 0 Å². The fourth-order valence-corrected chi connectivity index (χ4v) is 4.09. The second-order valence-electron chi connectivity index (χ2n) is 6.68. The Balaban J connectivity index is 2.31. The van der Waals surface area contributed by atoms with Crippen molar-refractivity contribution in [2.24, 2.45) is 0 Å². The molecule has 0 saturated heterocycles. The van der Waals surface area contributed by atoms with Crippen molar-refractivity contribution in [3.63, 3.8) is 0 Å². The van der Waals surface area contributed by atoms with Crippen LogP contribution in [0.15, 0.2) is 46.6 Å². The van der Waals surface area contributed by atoms with Crippen LogP contribution in [0.5, 0.6) is 0 Å². The molecular weight excluding hydrogens is 288 g/mol. The van der Waals surface area contributed by atoms with Crippen LogP contribution < -0.4 is 0 Å². The van der Waals surface area contributed by atoms with Crippen molar-refractivity contribution < 1.29 is 4.21 Å². The van der Waals surface area contributed by atoms with Gasteiger partial charge in [0, 0.05) is 16.6 Å². The molecule has 1 aliphatic rings. The second kappa shape index (κ2) is 9.99. The van der Waals surface area contributed by atoms with E-state index in [-0.39, 0.29) is 5.25 Å².